The third kappa shape index (κ3) is 2.56. The largest absolute Gasteiger partial charge is 0.240 e. The van der Waals surface area contributed by atoms with E-state index in [1.165, 1.54) is 4.70 Å². The second-order valence-electron chi connectivity index (χ2n) is 4.91. The van der Waals surface area contributed by atoms with Crippen molar-refractivity contribution in [3.05, 3.63) is 77.6 Å². The molecule has 2 aromatic heterocycles. The standard InChI is InChI=1S/C18H13N3S/c1-2-6-15(7-3-1)21-13-14(12-19-21)10-11-18-20-16-8-4-5-9-17(16)22-18/h1-13H/b11-10+. The maximum atomic E-state index is 4.60. The first-order valence-electron chi connectivity index (χ1n) is 7.02. The molecule has 0 aliphatic rings. The Balaban J connectivity index is 1.59. The van der Waals surface area contributed by atoms with Gasteiger partial charge >= 0.3 is 0 Å². The zero-order chi connectivity index (χ0) is 14.8. The molecule has 106 valence electrons. The smallest absolute Gasteiger partial charge is 0.117 e. The van der Waals surface area contributed by atoms with Crippen molar-refractivity contribution in [2.75, 3.05) is 0 Å². The van der Waals surface area contributed by atoms with E-state index in [9.17, 15) is 0 Å². The van der Waals surface area contributed by atoms with Gasteiger partial charge in [-0.15, -0.1) is 11.3 Å². The van der Waals surface area contributed by atoms with E-state index in [2.05, 4.69) is 16.1 Å². The van der Waals surface area contributed by atoms with Crippen LogP contribution in [-0.2, 0) is 0 Å². The van der Waals surface area contributed by atoms with Crippen molar-refractivity contribution in [1.82, 2.24) is 14.8 Å². The quantitative estimate of drug-likeness (QED) is 0.551. The first-order valence-corrected chi connectivity index (χ1v) is 7.84. The normalized spacial score (nSPS) is 11.5. The van der Waals surface area contributed by atoms with Crippen LogP contribution in [0.5, 0.6) is 0 Å². The maximum absolute atomic E-state index is 4.60. The molecule has 22 heavy (non-hydrogen) atoms. The number of nitrogens with zero attached hydrogens (tertiary/aromatic N) is 3. The second-order valence-corrected chi connectivity index (χ2v) is 5.97. The molecule has 2 aromatic carbocycles. The van der Waals surface area contributed by atoms with Crippen LogP contribution in [0.4, 0.5) is 0 Å². The molecule has 0 fully saturated rings. The molecule has 4 aromatic rings. The molecule has 0 N–H and O–H groups in total. The number of hydrogen-bond donors (Lipinski definition) is 0. The van der Waals surface area contributed by atoms with Gasteiger partial charge in [0.05, 0.1) is 22.1 Å². The van der Waals surface area contributed by atoms with E-state index in [4.69, 9.17) is 0 Å². The van der Waals surface area contributed by atoms with E-state index in [1.54, 1.807) is 11.3 Å². The Morgan fingerprint density at radius 3 is 2.59 bits per heavy atom. The highest BCUT2D eigenvalue weighted by Gasteiger charge is 2.01. The number of rotatable bonds is 3. The van der Waals surface area contributed by atoms with Crippen molar-refractivity contribution in [2.24, 2.45) is 0 Å². The third-order valence-electron chi connectivity index (χ3n) is 3.35. The summed E-state index contributed by atoms with van der Waals surface area (Å²) in [6.45, 7) is 0. The highest BCUT2D eigenvalue weighted by Crippen LogP contribution is 2.23. The first kappa shape index (κ1) is 13.0. The highest BCUT2D eigenvalue weighted by molar-refractivity contribution is 7.19. The third-order valence-corrected chi connectivity index (χ3v) is 4.35. The monoisotopic (exact) mass is 303 g/mol. The number of benzene rings is 2. The van der Waals surface area contributed by atoms with Gasteiger partial charge < -0.3 is 0 Å². The molecule has 0 saturated carbocycles. The van der Waals surface area contributed by atoms with Crippen molar-refractivity contribution in [3.8, 4) is 5.69 Å². The van der Waals surface area contributed by atoms with Crippen LogP contribution < -0.4 is 0 Å². The molecule has 0 amide bonds. The zero-order valence-corrected chi connectivity index (χ0v) is 12.6. The molecule has 0 spiro atoms. The summed E-state index contributed by atoms with van der Waals surface area (Å²) in [6.07, 6.45) is 7.96. The molecule has 0 saturated heterocycles. The first-order chi connectivity index (χ1) is 10.9. The van der Waals surface area contributed by atoms with Crippen LogP contribution in [0.15, 0.2) is 67.0 Å². The average molecular weight is 303 g/mol. The summed E-state index contributed by atoms with van der Waals surface area (Å²) in [7, 11) is 0. The number of thiazole rings is 1. The molecule has 0 aliphatic carbocycles. The molecule has 0 unspecified atom stereocenters. The van der Waals surface area contributed by atoms with E-state index < -0.39 is 0 Å². The Labute approximate surface area is 132 Å². The lowest BCUT2D eigenvalue weighted by molar-refractivity contribution is 0.880. The molecular formula is C18H13N3S. The van der Waals surface area contributed by atoms with E-state index >= 15 is 0 Å². The Kier molecular flexibility index (Phi) is 3.29. The number of hydrogen-bond acceptors (Lipinski definition) is 3. The predicted octanol–water partition coefficient (Wildman–Crippen LogP) is 4.65. The fourth-order valence-electron chi connectivity index (χ4n) is 2.27. The predicted molar refractivity (Wildman–Crippen MR) is 92.1 cm³/mol. The molecule has 0 radical (unpaired) electrons. The summed E-state index contributed by atoms with van der Waals surface area (Å²) in [5, 5.41) is 5.40. The van der Waals surface area contributed by atoms with Crippen LogP contribution in [0.3, 0.4) is 0 Å². The number of aromatic nitrogens is 3. The lowest BCUT2D eigenvalue weighted by atomic mass is 10.3. The van der Waals surface area contributed by atoms with Crippen molar-refractivity contribution in [3.63, 3.8) is 0 Å². The van der Waals surface area contributed by atoms with E-state index in [1.807, 2.05) is 77.8 Å². The topological polar surface area (TPSA) is 30.7 Å². The van der Waals surface area contributed by atoms with Gasteiger partial charge in [0.1, 0.15) is 5.01 Å². The van der Waals surface area contributed by atoms with Gasteiger partial charge in [0.2, 0.25) is 0 Å². The summed E-state index contributed by atoms with van der Waals surface area (Å²) in [5.41, 5.74) is 3.16. The Bertz CT molecular complexity index is 902. The van der Waals surface area contributed by atoms with E-state index in [0.29, 0.717) is 0 Å². The molecule has 3 nitrogen and oxygen atoms in total. The number of fused-ring (bicyclic) bond motifs is 1. The maximum Gasteiger partial charge on any atom is 0.117 e. The Morgan fingerprint density at radius 1 is 0.909 bits per heavy atom. The molecule has 4 rings (SSSR count). The molecule has 0 aliphatic heterocycles. The van der Waals surface area contributed by atoms with Crippen molar-refractivity contribution in [2.45, 2.75) is 0 Å². The van der Waals surface area contributed by atoms with Crippen LogP contribution in [-0.4, -0.2) is 14.8 Å². The van der Waals surface area contributed by atoms with Gasteiger partial charge in [-0.1, -0.05) is 30.3 Å². The van der Waals surface area contributed by atoms with Crippen LogP contribution in [0.2, 0.25) is 0 Å². The summed E-state index contributed by atoms with van der Waals surface area (Å²) >= 11 is 1.69. The zero-order valence-electron chi connectivity index (χ0n) is 11.8. The van der Waals surface area contributed by atoms with Crippen LogP contribution >= 0.6 is 11.3 Å². The average Bonchev–Trinajstić information content (AvgIpc) is 3.20. The molecule has 4 heteroatoms. The minimum absolute atomic E-state index is 1.01. The van der Waals surface area contributed by atoms with Gasteiger partial charge in [-0.05, 0) is 36.4 Å². The van der Waals surface area contributed by atoms with Crippen molar-refractivity contribution < 1.29 is 0 Å². The molecule has 2 heterocycles. The van der Waals surface area contributed by atoms with Crippen molar-refractivity contribution in [1.29, 1.82) is 0 Å². The van der Waals surface area contributed by atoms with E-state index in [-0.39, 0.29) is 0 Å². The van der Waals surface area contributed by atoms with E-state index in [0.717, 1.165) is 21.8 Å². The summed E-state index contributed by atoms with van der Waals surface area (Å²) < 4.78 is 3.08. The van der Waals surface area contributed by atoms with Crippen LogP contribution in [0.25, 0.3) is 28.1 Å². The Hall–Kier alpha value is -2.72. The van der Waals surface area contributed by atoms with Gasteiger partial charge in [-0.2, -0.15) is 5.10 Å². The highest BCUT2D eigenvalue weighted by atomic mass is 32.1. The summed E-state index contributed by atoms with van der Waals surface area (Å²) in [5.74, 6) is 0. The van der Waals surface area contributed by atoms with Crippen LogP contribution in [0, 0.1) is 0 Å². The number of para-hydroxylation sites is 2. The fourth-order valence-corrected chi connectivity index (χ4v) is 3.14. The minimum atomic E-state index is 1.01. The van der Waals surface area contributed by atoms with Crippen LogP contribution in [0.1, 0.15) is 10.6 Å². The lowest BCUT2D eigenvalue weighted by Gasteiger charge is -1.98. The van der Waals surface area contributed by atoms with Gasteiger partial charge in [0.25, 0.3) is 0 Å². The summed E-state index contributed by atoms with van der Waals surface area (Å²) in [4.78, 5) is 4.60. The molecule has 0 atom stereocenters. The molecular weight excluding hydrogens is 290 g/mol. The van der Waals surface area contributed by atoms with Gasteiger partial charge in [0.15, 0.2) is 0 Å². The molecule has 0 bridgehead atoms. The fraction of sp³-hybridized carbons (Fsp3) is 0. The van der Waals surface area contributed by atoms with Gasteiger partial charge in [-0.3, -0.25) is 0 Å². The minimum Gasteiger partial charge on any atom is -0.240 e. The Morgan fingerprint density at radius 2 is 1.73 bits per heavy atom. The van der Waals surface area contributed by atoms with Crippen molar-refractivity contribution >= 4 is 33.7 Å². The SMILES string of the molecule is C(=C\c1nc2ccccc2s1)/c1cnn(-c2ccccc2)c1. The van der Waals surface area contributed by atoms with Gasteiger partial charge in [0, 0.05) is 11.8 Å². The second kappa shape index (κ2) is 5.58. The summed E-state index contributed by atoms with van der Waals surface area (Å²) in [6, 6.07) is 18.3. The lowest BCUT2D eigenvalue weighted by Crippen LogP contribution is -1.92. The van der Waals surface area contributed by atoms with Gasteiger partial charge in [-0.25, -0.2) is 9.67 Å².